The minimum Gasteiger partial charge on any atom is -0.497 e. The Labute approximate surface area is 130 Å². The summed E-state index contributed by atoms with van der Waals surface area (Å²) in [4.78, 5) is 23.4. The fraction of sp³-hybridized carbons (Fsp3) is 0.200. The van der Waals surface area contributed by atoms with E-state index in [1.165, 1.54) is 0 Å². The van der Waals surface area contributed by atoms with Gasteiger partial charge in [-0.2, -0.15) is 0 Å². The number of carboxylic acids is 1. The molecule has 0 aliphatic rings. The van der Waals surface area contributed by atoms with E-state index in [2.05, 4.69) is 15.9 Å². The first-order valence-electron chi connectivity index (χ1n) is 6.18. The molecule has 1 aromatic heterocycles. The number of methoxy groups -OCH3 is 1. The van der Waals surface area contributed by atoms with Gasteiger partial charge in [0.25, 0.3) is 0 Å². The van der Waals surface area contributed by atoms with Crippen LogP contribution in [0.3, 0.4) is 0 Å². The van der Waals surface area contributed by atoms with Gasteiger partial charge < -0.3 is 14.4 Å². The summed E-state index contributed by atoms with van der Waals surface area (Å²) in [6.45, 7) is 0. The van der Waals surface area contributed by atoms with E-state index < -0.39 is 5.97 Å². The Hall–Kier alpha value is -2.08. The molecule has 21 heavy (non-hydrogen) atoms. The molecule has 2 rings (SSSR count). The third-order valence-electron chi connectivity index (χ3n) is 3.19. The zero-order valence-electron chi connectivity index (χ0n) is 11.6. The molecule has 2 aromatic rings. The van der Waals surface area contributed by atoms with E-state index in [0.717, 1.165) is 0 Å². The number of ketones is 1. The molecule has 0 aliphatic carbocycles. The Morgan fingerprint density at radius 2 is 1.90 bits per heavy atom. The van der Waals surface area contributed by atoms with Crippen LogP contribution in [0, 0.1) is 0 Å². The SMILES string of the molecule is COc1ccc(C(=O)c2c(Br)cc(CC(=O)O)n2C)cc1. The summed E-state index contributed by atoms with van der Waals surface area (Å²) in [5, 5.41) is 8.88. The lowest BCUT2D eigenvalue weighted by molar-refractivity contribution is -0.136. The fourth-order valence-electron chi connectivity index (χ4n) is 2.08. The van der Waals surface area contributed by atoms with E-state index >= 15 is 0 Å². The maximum atomic E-state index is 12.5. The third-order valence-corrected chi connectivity index (χ3v) is 3.79. The first-order chi connectivity index (χ1) is 9.93. The highest BCUT2D eigenvalue weighted by Gasteiger charge is 2.20. The molecule has 1 N–H and O–H groups in total. The lowest BCUT2D eigenvalue weighted by atomic mass is 10.1. The number of carbonyl (C=O) groups excluding carboxylic acids is 1. The van der Waals surface area contributed by atoms with Crippen molar-refractivity contribution in [1.82, 2.24) is 4.57 Å². The van der Waals surface area contributed by atoms with Crippen LogP contribution in [0.4, 0.5) is 0 Å². The van der Waals surface area contributed by atoms with Gasteiger partial charge in [0.15, 0.2) is 0 Å². The zero-order valence-corrected chi connectivity index (χ0v) is 13.2. The number of carboxylic acid groups (broad SMARTS) is 1. The molecule has 0 bridgehead atoms. The van der Waals surface area contributed by atoms with Gasteiger partial charge >= 0.3 is 5.97 Å². The highest BCUT2D eigenvalue weighted by molar-refractivity contribution is 9.10. The summed E-state index contributed by atoms with van der Waals surface area (Å²) in [5.41, 5.74) is 1.50. The molecule has 5 nitrogen and oxygen atoms in total. The predicted molar refractivity (Wildman–Crippen MR) is 80.9 cm³/mol. The largest absolute Gasteiger partial charge is 0.497 e. The highest BCUT2D eigenvalue weighted by Crippen LogP contribution is 2.25. The molecule has 1 heterocycles. The van der Waals surface area contributed by atoms with E-state index in [9.17, 15) is 9.59 Å². The average Bonchev–Trinajstić information content (AvgIpc) is 2.72. The molecule has 6 heteroatoms. The lowest BCUT2D eigenvalue weighted by Gasteiger charge is -2.07. The second-order valence-electron chi connectivity index (χ2n) is 4.52. The van der Waals surface area contributed by atoms with E-state index in [4.69, 9.17) is 9.84 Å². The van der Waals surface area contributed by atoms with Crippen molar-refractivity contribution in [3.63, 3.8) is 0 Å². The molecule has 0 atom stereocenters. The normalized spacial score (nSPS) is 10.4. The Balaban J connectivity index is 2.38. The summed E-state index contributed by atoms with van der Waals surface area (Å²) >= 11 is 3.32. The van der Waals surface area contributed by atoms with Crippen LogP contribution in [-0.4, -0.2) is 28.5 Å². The fourth-order valence-corrected chi connectivity index (χ4v) is 2.79. The zero-order chi connectivity index (χ0) is 15.6. The standard InChI is InChI=1S/C15H14BrNO4/c1-17-10(8-13(18)19)7-12(16)14(17)15(20)9-3-5-11(21-2)6-4-9/h3-7H,8H2,1-2H3,(H,18,19). The van der Waals surface area contributed by atoms with Crippen molar-refractivity contribution < 1.29 is 19.4 Å². The molecule has 1 aromatic carbocycles. The molecule has 0 saturated carbocycles. The van der Waals surface area contributed by atoms with Crippen molar-refractivity contribution in [1.29, 1.82) is 0 Å². The van der Waals surface area contributed by atoms with Crippen LogP contribution in [-0.2, 0) is 18.3 Å². The van der Waals surface area contributed by atoms with Crippen molar-refractivity contribution in [2.24, 2.45) is 7.05 Å². The van der Waals surface area contributed by atoms with Crippen LogP contribution < -0.4 is 4.74 Å². The third kappa shape index (κ3) is 3.16. The van der Waals surface area contributed by atoms with Gasteiger partial charge in [0.05, 0.1) is 13.5 Å². The smallest absolute Gasteiger partial charge is 0.309 e. The number of benzene rings is 1. The topological polar surface area (TPSA) is 68.5 Å². The average molecular weight is 352 g/mol. The Morgan fingerprint density at radius 1 is 1.29 bits per heavy atom. The van der Waals surface area contributed by atoms with Gasteiger partial charge in [-0.15, -0.1) is 0 Å². The minimum absolute atomic E-state index is 0.134. The van der Waals surface area contributed by atoms with Gasteiger partial charge in [0.2, 0.25) is 5.78 Å². The summed E-state index contributed by atoms with van der Waals surface area (Å²) in [7, 11) is 3.24. The van der Waals surface area contributed by atoms with Gasteiger partial charge in [-0.3, -0.25) is 9.59 Å². The molecule has 0 amide bonds. The number of hydrogen-bond donors (Lipinski definition) is 1. The number of rotatable bonds is 5. The molecule has 0 fully saturated rings. The maximum Gasteiger partial charge on any atom is 0.309 e. The first-order valence-corrected chi connectivity index (χ1v) is 6.98. The van der Waals surface area contributed by atoms with E-state index in [-0.39, 0.29) is 12.2 Å². The summed E-state index contributed by atoms with van der Waals surface area (Å²) in [6.07, 6.45) is -0.134. The van der Waals surface area contributed by atoms with Crippen LogP contribution in [0.5, 0.6) is 5.75 Å². The monoisotopic (exact) mass is 351 g/mol. The van der Waals surface area contributed by atoms with Crippen molar-refractivity contribution in [2.45, 2.75) is 6.42 Å². The van der Waals surface area contributed by atoms with E-state index in [1.54, 1.807) is 49.1 Å². The van der Waals surface area contributed by atoms with Gasteiger partial charge in [-0.25, -0.2) is 0 Å². The van der Waals surface area contributed by atoms with Crippen LogP contribution in [0.15, 0.2) is 34.8 Å². The number of ether oxygens (including phenoxy) is 1. The van der Waals surface area contributed by atoms with Crippen LogP contribution in [0.1, 0.15) is 21.7 Å². The Kier molecular flexibility index (Phi) is 4.47. The maximum absolute atomic E-state index is 12.5. The van der Waals surface area contributed by atoms with Crippen molar-refractivity contribution in [2.75, 3.05) is 7.11 Å². The van der Waals surface area contributed by atoms with Gasteiger partial charge in [0, 0.05) is 22.8 Å². The molecule has 0 aliphatic heterocycles. The van der Waals surface area contributed by atoms with Crippen LogP contribution in [0.2, 0.25) is 0 Å². The lowest BCUT2D eigenvalue weighted by Crippen LogP contribution is -2.12. The van der Waals surface area contributed by atoms with Crippen LogP contribution in [0.25, 0.3) is 0 Å². The molecular weight excluding hydrogens is 338 g/mol. The minimum atomic E-state index is -0.938. The van der Waals surface area contributed by atoms with E-state index in [1.807, 2.05) is 0 Å². The second kappa shape index (κ2) is 6.13. The summed E-state index contributed by atoms with van der Waals surface area (Å²) in [5.74, 6) is -0.445. The molecule has 0 radical (unpaired) electrons. The quantitative estimate of drug-likeness (QED) is 0.840. The summed E-state index contributed by atoms with van der Waals surface area (Å²) in [6, 6.07) is 8.43. The van der Waals surface area contributed by atoms with Crippen molar-refractivity contribution >= 4 is 27.7 Å². The predicted octanol–water partition coefficient (Wildman–Crippen LogP) is 2.65. The van der Waals surface area contributed by atoms with Crippen molar-refractivity contribution in [3.05, 3.63) is 51.8 Å². The first kappa shape index (κ1) is 15.3. The number of aliphatic carboxylic acids is 1. The molecule has 0 spiro atoms. The number of nitrogens with zero attached hydrogens (tertiary/aromatic N) is 1. The van der Waals surface area contributed by atoms with Gasteiger partial charge in [-0.05, 0) is 46.3 Å². The van der Waals surface area contributed by atoms with E-state index in [0.29, 0.717) is 27.2 Å². The Bertz CT molecular complexity index is 688. The molecule has 0 saturated heterocycles. The molecule has 0 unspecified atom stereocenters. The number of halogens is 1. The number of hydrogen-bond acceptors (Lipinski definition) is 3. The van der Waals surface area contributed by atoms with Gasteiger partial charge in [-0.1, -0.05) is 0 Å². The second-order valence-corrected chi connectivity index (χ2v) is 5.37. The summed E-state index contributed by atoms with van der Waals surface area (Å²) < 4.78 is 7.25. The molecular formula is C15H14BrNO4. The number of aromatic nitrogens is 1. The Morgan fingerprint density at radius 3 is 2.43 bits per heavy atom. The van der Waals surface area contributed by atoms with Crippen molar-refractivity contribution in [3.8, 4) is 5.75 Å². The highest BCUT2D eigenvalue weighted by atomic mass is 79.9. The van der Waals surface area contributed by atoms with Gasteiger partial charge in [0.1, 0.15) is 11.4 Å². The van der Waals surface area contributed by atoms with Crippen LogP contribution >= 0.6 is 15.9 Å². The molecule has 110 valence electrons. The number of carbonyl (C=O) groups is 2.